The van der Waals surface area contributed by atoms with E-state index in [-0.39, 0.29) is 6.10 Å². The first kappa shape index (κ1) is 14.7. The van der Waals surface area contributed by atoms with Crippen LogP contribution >= 0.6 is 0 Å². The summed E-state index contributed by atoms with van der Waals surface area (Å²) in [5, 5.41) is 0. The molecule has 4 heteroatoms. The maximum Gasteiger partial charge on any atom is 0.171 e. The van der Waals surface area contributed by atoms with E-state index < -0.39 is 0 Å². The molecule has 0 N–H and O–H groups in total. The Bertz CT molecular complexity index is 659. The van der Waals surface area contributed by atoms with E-state index in [0.717, 1.165) is 36.1 Å². The Hall–Kier alpha value is -2.23. The van der Waals surface area contributed by atoms with Crippen LogP contribution < -0.4 is 14.4 Å². The molecule has 0 bridgehead atoms. The Morgan fingerprint density at radius 1 is 1.05 bits per heavy atom. The van der Waals surface area contributed by atoms with E-state index in [4.69, 9.17) is 9.47 Å². The van der Waals surface area contributed by atoms with Gasteiger partial charge in [0, 0.05) is 5.69 Å². The number of pyridine rings is 1. The van der Waals surface area contributed by atoms with Crippen molar-refractivity contribution in [2.75, 3.05) is 25.1 Å². The molecule has 1 fully saturated rings. The highest BCUT2D eigenvalue weighted by Gasteiger charge is 2.32. The van der Waals surface area contributed by atoms with Gasteiger partial charge in [-0.05, 0) is 44.0 Å². The highest BCUT2D eigenvalue weighted by atomic mass is 16.5. The number of para-hydroxylation sites is 1. The third-order valence-electron chi connectivity index (χ3n) is 4.04. The summed E-state index contributed by atoms with van der Waals surface area (Å²) in [5.41, 5.74) is 3.37. The molecule has 0 spiro atoms. The summed E-state index contributed by atoms with van der Waals surface area (Å²) in [6.45, 7) is 7.84. The molecule has 1 aromatic carbocycles. The van der Waals surface area contributed by atoms with Crippen LogP contribution in [-0.4, -0.2) is 31.3 Å². The molecule has 2 heterocycles. The first-order chi connectivity index (χ1) is 10.6. The van der Waals surface area contributed by atoms with E-state index in [0.29, 0.717) is 0 Å². The van der Waals surface area contributed by atoms with E-state index in [1.807, 2.05) is 19.1 Å². The highest BCUT2D eigenvalue weighted by Crippen LogP contribution is 2.32. The molecular weight excluding hydrogens is 276 g/mol. The molecule has 3 rings (SSSR count). The maximum absolute atomic E-state index is 6.16. The lowest BCUT2D eigenvalue weighted by Crippen LogP contribution is -2.54. The molecule has 4 nitrogen and oxygen atoms in total. The summed E-state index contributed by atoms with van der Waals surface area (Å²) in [7, 11) is 1.68. The Labute approximate surface area is 131 Å². The minimum absolute atomic E-state index is 0.201. The number of aryl methyl sites for hydroxylation is 3. The molecule has 2 aromatic rings. The van der Waals surface area contributed by atoms with Crippen LogP contribution in [0.4, 0.5) is 5.82 Å². The summed E-state index contributed by atoms with van der Waals surface area (Å²) >= 11 is 0. The molecule has 0 atom stereocenters. The van der Waals surface area contributed by atoms with Crippen molar-refractivity contribution in [3.63, 3.8) is 0 Å². The van der Waals surface area contributed by atoms with Gasteiger partial charge in [-0.1, -0.05) is 18.2 Å². The fourth-order valence-corrected chi connectivity index (χ4v) is 2.75. The Morgan fingerprint density at radius 2 is 1.73 bits per heavy atom. The highest BCUT2D eigenvalue weighted by molar-refractivity contribution is 5.55. The predicted molar refractivity (Wildman–Crippen MR) is 88.1 cm³/mol. The third kappa shape index (κ3) is 2.73. The molecule has 22 heavy (non-hydrogen) atoms. The van der Waals surface area contributed by atoms with E-state index >= 15 is 0 Å². The lowest BCUT2D eigenvalue weighted by Gasteiger charge is -2.40. The van der Waals surface area contributed by atoms with Gasteiger partial charge < -0.3 is 14.4 Å². The molecule has 0 aliphatic carbocycles. The summed E-state index contributed by atoms with van der Waals surface area (Å²) in [4.78, 5) is 6.79. The zero-order chi connectivity index (χ0) is 15.7. The van der Waals surface area contributed by atoms with Gasteiger partial charge in [0.2, 0.25) is 0 Å². The summed E-state index contributed by atoms with van der Waals surface area (Å²) < 4.78 is 11.6. The smallest absolute Gasteiger partial charge is 0.171 e. The van der Waals surface area contributed by atoms with Crippen molar-refractivity contribution in [1.29, 1.82) is 0 Å². The van der Waals surface area contributed by atoms with Gasteiger partial charge in [0.1, 0.15) is 11.9 Å². The standard InChI is InChI=1S/C18H22N2O2/c1-12-6-5-7-13(2)17(12)22-15-10-20(11-15)18-16(21-4)9-8-14(3)19-18/h5-9,15H,10-11H2,1-4H3. The van der Waals surface area contributed by atoms with E-state index in [2.05, 4.69) is 41.9 Å². The van der Waals surface area contributed by atoms with Crippen molar-refractivity contribution in [3.05, 3.63) is 47.2 Å². The van der Waals surface area contributed by atoms with Gasteiger partial charge >= 0.3 is 0 Å². The Kier molecular flexibility index (Phi) is 3.92. The number of rotatable bonds is 4. The van der Waals surface area contributed by atoms with Crippen molar-refractivity contribution in [1.82, 2.24) is 4.98 Å². The number of methoxy groups -OCH3 is 1. The van der Waals surface area contributed by atoms with E-state index in [9.17, 15) is 0 Å². The van der Waals surface area contributed by atoms with Crippen LogP contribution in [0.5, 0.6) is 11.5 Å². The molecule has 1 aromatic heterocycles. The molecule has 0 radical (unpaired) electrons. The number of benzene rings is 1. The second-order valence-corrected chi connectivity index (χ2v) is 5.84. The average molecular weight is 298 g/mol. The normalized spacial score (nSPS) is 14.6. The molecular formula is C18H22N2O2. The second kappa shape index (κ2) is 5.87. The molecule has 1 saturated heterocycles. The fourth-order valence-electron chi connectivity index (χ4n) is 2.75. The zero-order valence-electron chi connectivity index (χ0n) is 13.6. The van der Waals surface area contributed by atoms with Crippen LogP contribution in [0, 0.1) is 20.8 Å². The zero-order valence-corrected chi connectivity index (χ0v) is 13.6. The molecule has 1 aliphatic heterocycles. The quantitative estimate of drug-likeness (QED) is 0.867. The van der Waals surface area contributed by atoms with Gasteiger partial charge in [0.25, 0.3) is 0 Å². The minimum atomic E-state index is 0.201. The van der Waals surface area contributed by atoms with Crippen LogP contribution in [0.1, 0.15) is 16.8 Å². The van der Waals surface area contributed by atoms with Crippen LogP contribution in [0.25, 0.3) is 0 Å². The Morgan fingerprint density at radius 3 is 2.36 bits per heavy atom. The molecule has 116 valence electrons. The monoisotopic (exact) mass is 298 g/mol. The van der Waals surface area contributed by atoms with Crippen LogP contribution in [-0.2, 0) is 0 Å². The van der Waals surface area contributed by atoms with Gasteiger partial charge in [0.05, 0.1) is 20.2 Å². The predicted octanol–water partition coefficient (Wildman–Crippen LogP) is 3.28. The lowest BCUT2D eigenvalue weighted by atomic mass is 10.1. The summed E-state index contributed by atoms with van der Waals surface area (Å²) in [6, 6.07) is 10.2. The Balaban J connectivity index is 1.69. The average Bonchev–Trinajstić information content (AvgIpc) is 2.45. The first-order valence-corrected chi connectivity index (χ1v) is 7.58. The molecule has 1 aliphatic rings. The van der Waals surface area contributed by atoms with Crippen LogP contribution in [0.2, 0.25) is 0 Å². The number of ether oxygens (including phenoxy) is 2. The van der Waals surface area contributed by atoms with Crippen molar-refractivity contribution in [3.8, 4) is 11.5 Å². The second-order valence-electron chi connectivity index (χ2n) is 5.84. The van der Waals surface area contributed by atoms with Crippen molar-refractivity contribution in [2.45, 2.75) is 26.9 Å². The van der Waals surface area contributed by atoms with Gasteiger partial charge in [-0.2, -0.15) is 0 Å². The minimum Gasteiger partial charge on any atom is -0.493 e. The number of hydrogen-bond donors (Lipinski definition) is 0. The molecule has 0 amide bonds. The SMILES string of the molecule is COc1ccc(C)nc1N1CC(Oc2c(C)cccc2C)C1. The number of aromatic nitrogens is 1. The largest absolute Gasteiger partial charge is 0.493 e. The fraction of sp³-hybridized carbons (Fsp3) is 0.389. The van der Waals surface area contributed by atoms with Crippen molar-refractivity contribution < 1.29 is 9.47 Å². The summed E-state index contributed by atoms with van der Waals surface area (Å²) in [6.07, 6.45) is 0.201. The maximum atomic E-state index is 6.16. The summed E-state index contributed by atoms with van der Waals surface area (Å²) in [5.74, 6) is 2.73. The van der Waals surface area contributed by atoms with Crippen molar-refractivity contribution in [2.24, 2.45) is 0 Å². The topological polar surface area (TPSA) is 34.6 Å². The first-order valence-electron chi connectivity index (χ1n) is 7.58. The van der Waals surface area contributed by atoms with Gasteiger partial charge in [0.15, 0.2) is 11.6 Å². The molecule has 0 unspecified atom stereocenters. The van der Waals surface area contributed by atoms with Crippen LogP contribution in [0.3, 0.4) is 0 Å². The van der Waals surface area contributed by atoms with Gasteiger partial charge in [-0.25, -0.2) is 4.98 Å². The van der Waals surface area contributed by atoms with E-state index in [1.165, 1.54) is 11.1 Å². The van der Waals surface area contributed by atoms with Crippen molar-refractivity contribution >= 4 is 5.82 Å². The van der Waals surface area contributed by atoms with Crippen LogP contribution in [0.15, 0.2) is 30.3 Å². The number of hydrogen-bond acceptors (Lipinski definition) is 4. The number of anilines is 1. The number of nitrogens with zero attached hydrogens (tertiary/aromatic N) is 2. The third-order valence-corrected chi connectivity index (χ3v) is 4.04. The van der Waals surface area contributed by atoms with Gasteiger partial charge in [-0.3, -0.25) is 0 Å². The van der Waals surface area contributed by atoms with E-state index in [1.54, 1.807) is 7.11 Å². The molecule has 0 saturated carbocycles. The van der Waals surface area contributed by atoms with Gasteiger partial charge in [-0.15, -0.1) is 0 Å². The lowest BCUT2D eigenvalue weighted by molar-refractivity contribution is 0.164.